The van der Waals surface area contributed by atoms with Crippen LogP contribution in [0.15, 0.2) is 23.8 Å². The van der Waals surface area contributed by atoms with Gasteiger partial charge in [-0.3, -0.25) is 0 Å². The van der Waals surface area contributed by atoms with Crippen molar-refractivity contribution in [2.45, 2.75) is 0 Å². The number of ether oxygens (including phenoxy) is 1. The van der Waals surface area contributed by atoms with Gasteiger partial charge in [-0.25, -0.2) is 4.79 Å². The summed E-state index contributed by atoms with van der Waals surface area (Å²) in [6, 6.07) is 0. The lowest BCUT2D eigenvalue weighted by atomic mass is 10.6. The minimum absolute atomic E-state index is 0.335. The first-order valence-corrected chi connectivity index (χ1v) is 2.94. The molecule has 0 amide bonds. The molecule has 2 nitrogen and oxygen atoms in total. The Morgan fingerprint density at radius 1 is 1.64 bits per heavy atom. The van der Waals surface area contributed by atoms with E-state index >= 15 is 0 Å². The summed E-state index contributed by atoms with van der Waals surface area (Å²) in [6.07, 6.45) is -1.45. The first-order chi connectivity index (χ1) is 5.04. The smallest absolute Gasteiger partial charge is 0.349 e. The zero-order valence-electron chi connectivity index (χ0n) is 5.44. The highest BCUT2D eigenvalue weighted by Gasteiger charge is 2.03. The minimum Gasteiger partial charge on any atom is -0.457 e. The highest BCUT2D eigenvalue weighted by Crippen LogP contribution is 2.01. The molecular formula is C6H5ClF2O2. The molecule has 0 aliphatic heterocycles. The van der Waals surface area contributed by atoms with Crippen LogP contribution in [0, 0.1) is 0 Å². The van der Waals surface area contributed by atoms with Crippen LogP contribution in [-0.2, 0) is 9.53 Å². The monoisotopic (exact) mass is 182 g/mol. The molecule has 0 heterocycles. The average Bonchev–Trinajstić information content (AvgIpc) is 1.86. The van der Waals surface area contributed by atoms with Crippen molar-refractivity contribution in [1.29, 1.82) is 0 Å². The van der Waals surface area contributed by atoms with Gasteiger partial charge in [0, 0.05) is 6.08 Å². The second-order valence-electron chi connectivity index (χ2n) is 1.50. The molecule has 0 saturated carbocycles. The number of hydrogen-bond donors (Lipinski definition) is 0. The van der Waals surface area contributed by atoms with E-state index in [0.29, 0.717) is 6.08 Å². The Morgan fingerprint density at radius 3 is 2.55 bits per heavy atom. The number of esters is 1. The van der Waals surface area contributed by atoms with Crippen LogP contribution in [0.25, 0.3) is 0 Å². The van der Waals surface area contributed by atoms with Gasteiger partial charge in [0.1, 0.15) is 11.6 Å². The molecule has 0 bridgehead atoms. The maximum absolute atomic E-state index is 11.3. The molecule has 0 aromatic heterocycles. The normalized spacial score (nSPS) is 8.64. The van der Waals surface area contributed by atoms with Crippen LogP contribution in [0.5, 0.6) is 0 Å². The van der Waals surface area contributed by atoms with E-state index in [2.05, 4.69) is 11.3 Å². The quantitative estimate of drug-likeness (QED) is 0.493. The maximum Gasteiger partial charge on any atom is 0.349 e. The summed E-state index contributed by atoms with van der Waals surface area (Å²) in [5.41, 5.74) is 0. The fourth-order valence-corrected chi connectivity index (χ4v) is 0.313. The van der Waals surface area contributed by atoms with Crippen LogP contribution in [0.2, 0.25) is 0 Å². The van der Waals surface area contributed by atoms with Gasteiger partial charge in [-0.1, -0.05) is 18.2 Å². The lowest BCUT2D eigenvalue weighted by molar-refractivity contribution is -0.137. The molecule has 0 rings (SSSR count). The van der Waals surface area contributed by atoms with Gasteiger partial charge >= 0.3 is 5.97 Å². The zero-order valence-corrected chi connectivity index (χ0v) is 6.20. The predicted octanol–water partition coefficient (Wildman–Crippen LogP) is 2.06. The number of hydrogen-bond acceptors (Lipinski definition) is 2. The van der Waals surface area contributed by atoms with Crippen molar-refractivity contribution in [3.63, 3.8) is 0 Å². The van der Waals surface area contributed by atoms with Gasteiger partial charge in [0.25, 0.3) is 6.08 Å². The molecule has 0 spiro atoms. The lowest BCUT2D eigenvalue weighted by Gasteiger charge is -1.96. The predicted molar refractivity (Wildman–Crippen MR) is 36.3 cm³/mol. The second kappa shape index (κ2) is 4.85. The van der Waals surface area contributed by atoms with Crippen molar-refractivity contribution in [2.75, 3.05) is 6.61 Å². The lowest BCUT2D eigenvalue weighted by Crippen LogP contribution is -2.03. The van der Waals surface area contributed by atoms with Crippen molar-refractivity contribution in [3.8, 4) is 0 Å². The van der Waals surface area contributed by atoms with E-state index in [9.17, 15) is 13.6 Å². The molecule has 11 heavy (non-hydrogen) atoms. The number of carbonyl (C=O) groups is 1. The van der Waals surface area contributed by atoms with E-state index in [4.69, 9.17) is 11.6 Å². The van der Waals surface area contributed by atoms with Crippen LogP contribution < -0.4 is 0 Å². The van der Waals surface area contributed by atoms with E-state index in [-0.39, 0.29) is 5.03 Å². The van der Waals surface area contributed by atoms with Gasteiger partial charge in [0.15, 0.2) is 0 Å². The molecule has 0 aliphatic rings. The first kappa shape index (κ1) is 10.1. The van der Waals surface area contributed by atoms with Crippen molar-refractivity contribution < 1.29 is 18.3 Å². The SMILES string of the molecule is C=C(Cl)C(=O)OCC=C(F)F. The van der Waals surface area contributed by atoms with Gasteiger partial charge in [0.2, 0.25) is 0 Å². The molecule has 0 unspecified atom stereocenters. The van der Waals surface area contributed by atoms with Crippen molar-refractivity contribution in [1.82, 2.24) is 0 Å². The fraction of sp³-hybridized carbons (Fsp3) is 0.167. The molecule has 0 radical (unpaired) electrons. The number of carbonyl (C=O) groups excluding carboxylic acids is 1. The van der Waals surface area contributed by atoms with Gasteiger partial charge in [-0.05, 0) is 0 Å². The van der Waals surface area contributed by atoms with Crippen LogP contribution in [-0.4, -0.2) is 12.6 Å². The van der Waals surface area contributed by atoms with Crippen molar-refractivity contribution in [3.05, 3.63) is 23.8 Å². The molecule has 0 saturated heterocycles. The van der Waals surface area contributed by atoms with Crippen LogP contribution in [0.4, 0.5) is 8.78 Å². The topological polar surface area (TPSA) is 26.3 Å². The summed E-state index contributed by atoms with van der Waals surface area (Å²) in [4.78, 5) is 10.4. The summed E-state index contributed by atoms with van der Waals surface area (Å²) < 4.78 is 26.8. The molecule has 5 heteroatoms. The van der Waals surface area contributed by atoms with Crippen molar-refractivity contribution in [2.24, 2.45) is 0 Å². The van der Waals surface area contributed by atoms with E-state index in [1.165, 1.54) is 0 Å². The van der Waals surface area contributed by atoms with Crippen LogP contribution >= 0.6 is 11.6 Å². The Labute approximate surface area is 67.1 Å². The largest absolute Gasteiger partial charge is 0.457 e. The van der Waals surface area contributed by atoms with Crippen molar-refractivity contribution >= 4 is 17.6 Å². The Morgan fingerprint density at radius 2 is 2.18 bits per heavy atom. The van der Waals surface area contributed by atoms with Crippen LogP contribution in [0.3, 0.4) is 0 Å². The highest BCUT2D eigenvalue weighted by molar-refractivity contribution is 6.40. The average molecular weight is 183 g/mol. The fourth-order valence-electron chi connectivity index (χ4n) is 0.259. The Balaban J connectivity index is 3.64. The molecule has 0 aromatic rings. The maximum atomic E-state index is 11.3. The highest BCUT2D eigenvalue weighted by atomic mass is 35.5. The Hall–Kier alpha value is -0.900. The molecule has 0 aromatic carbocycles. The Bertz CT molecular complexity index is 197. The number of rotatable bonds is 3. The van der Waals surface area contributed by atoms with Gasteiger partial charge < -0.3 is 4.74 Å². The minimum atomic E-state index is -1.90. The first-order valence-electron chi connectivity index (χ1n) is 2.56. The molecule has 62 valence electrons. The molecular weight excluding hydrogens is 178 g/mol. The van der Waals surface area contributed by atoms with E-state index in [1.807, 2.05) is 0 Å². The summed E-state index contributed by atoms with van der Waals surface area (Å²) in [5.74, 6) is -0.899. The van der Waals surface area contributed by atoms with Crippen LogP contribution in [0.1, 0.15) is 0 Å². The van der Waals surface area contributed by atoms with Gasteiger partial charge in [-0.2, -0.15) is 8.78 Å². The zero-order chi connectivity index (χ0) is 8.85. The standard InChI is InChI=1S/C6H5ClF2O2/c1-4(7)6(10)11-3-2-5(8)9/h2H,1,3H2. The molecule has 0 N–H and O–H groups in total. The van der Waals surface area contributed by atoms with E-state index in [0.717, 1.165) is 0 Å². The van der Waals surface area contributed by atoms with E-state index in [1.54, 1.807) is 0 Å². The third-order valence-electron chi connectivity index (χ3n) is 0.674. The summed E-state index contributed by atoms with van der Waals surface area (Å²) in [7, 11) is 0. The second-order valence-corrected chi connectivity index (χ2v) is 1.95. The molecule has 0 atom stereocenters. The third kappa shape index (κ3) is 5.54. The molecule has 0 fully saturated rings. The number of halogens is 3. The summed E-state index contributed by atoms with van der Waals surface area (Å²) in [6.45, 7) is 2.54. The molecule has 0 aliphatic carbocycles. The summed E-state index contributed by atoms with van der Waals surface area (Å²) >= 11 is 5.07. The van der Waals surface area contributed by atoms with Gasteiger partial charge in [0.05, 0.1) is 0 Å². The third-order valence-corrected chi connectivity index (χ3v) is 0.828. The van der Waals surface area contributed by atoms with Gasteiger partial charge in [-0.15, -0.1) is 0 Å². The van der Waals surface area contributed by atoms with E-state index < -0.39 is 18.7 Å². The summed E-state index contributed by atoms with van der Waals surface area (Å²) in [5, 5.41) is -0.335. The Kier molecular flexibility index (Phi) is 4.45.